The molecule has 0 aliphatic heterocycles. The minimum absolute atomic E-state index is 0.0272. The highest BCUT2D eigenvalue weighted by Crippen LogP contribution is 2.13. The van der Waals surface area contributed by atoms with Gasteiger partial charge in [-0.15, -0.1) is 0 Å². The molecule has 160 valence electrons. The Labute approximate surface area is 170 Å². The van der Waals surface area contributed by atoms with E-state index >= 15 is 0 Å². The summed E-state index contributed by atoms with van der Waals surface area (Å²) in [6.07, 6.45) is 22.7. The highest BCUT2D eigenvalue weighted by Gasteiger charge is 2.25. The van der Waals surface area contributed by atoms with Crippen LogP contribution in [0, 0.1) is 0 Å². The SMILES string of the molecule is CCCCCCCCC=CCCCCCCCC(=O)OC(CC)[N+](C)(C)C. The molecule has 0 spiro atoms. The van der Waals surface area contributed by atoms with Gasteiger partial charge in [0.1, 0.15) is 0 Å². The van der Waals surface area contributed by atoms with Gasteiger partial charge in [0.25, 0.3) is 0 Å². The summed E-state index contributed by atoms with van der Waals surface area (Å²) in [5.74, 6) is -0.0347. The van der Waals surface area contributed by atoms with Crippen LogP contribution >= 0.6 is 0 Å². The van der Waals surface area contributed by atoms with Crippen LogP contribution in [-0.2, 0) is 9.53 Å². The molecule has 0 saturated carbocycles. The van der Waals surface area contributed by atoms with Gasteiger partial charge in [-0.2, -0.15) is 0 Å². The Kier molecular flexibility index (Phi) is 16.7. The molecule has 1 atom stereocenters. The van der Waals surface area contributed by atoms with Crippen molar-refractivity contribution in [3.63, 3.8) is 0 Å². The molecule has 0 bridgehead atoms. The molecule has 0 aromatic rings. The summed E-state index contributed by atoms with van der Waals surface area (Å²) in [6, 6.07) is 0. The fourth-order valence-electron chi connectivity index (χ4n) is 3.34. The molecule has 0 aliphatic carbocycles. The van der Waals surface area contributed by atoms with Crippen LogP contribution < -0.4 is 0 Å². The minimum Gasteiger partial charge on any atom is -0.412 e. The van der Waals surface area contributed by atoms with Gasteiger partial charge < -0.3 is 4.74 Å². The maximum atomic E-state index is 12.0. The molecule has 27 heavy (non-hydrogen) atoms. The van der Waals surface area contributed by atoms with E-state index in [1.165, 1.54) is 70.6 Å². The highest BCUT2D eigenvalue weighted by molar-refractivity contribution is 5.69. The van der Waals surface area contributed by atoms with Crippen LogP contribution in [0.2, 0.25) is 0 Å². The Morgan fingerprint density at radius 1 is 0.778 bits per heavy atom. The molecule has 0 fully saturated rings. The second kappa shape index (κ2) is 17.3. The molecule has 3 heteroatoms. The van der Waals surface area contributed by atoms with Gasteiger partial charge in [0.05, 0.1) is 21.1 Å². The summed E-state index contributed by atoms with van der Waals surface area (Å²) < 4.78 is 6.28. The van der Waals surface area contributed by atoms with Crippen molar-refractivity contribution >= 4 is 5.97 Å². The molecule has 0 aliphatic rings. The quantitative estimate of drug-likeness (QED) is 0.0837. The first-order valence-corrected chi connectivity index (χ1v) is 11.6. The van der Waals surface area contributed by atoms with Gasteiger partial charge in [0.2, 0.25) is 6.23 Å². The van der Waals surface area contributed by atoms with Crippen molar-refractivity contribution in [3.8, 4) is 0 Å². The first-order valence-electron chi connectivity index (χ1n) is 11.6. The van der Waals surface area contributed by atoms with Gasteiger partial charge in [-0.25, -0.2) is 0 Å². The number of hydrogen-bond acceptors (Lipinski definition) is 2. The lowest BCUT2D eigenvalue weighted by atomic mass is 10.1. The van der Waals surface area contributed by atoms with Crippen LogP contribution in [-0.4, -0.2) is 37.8 Å². The number of unbranched alkanes of at least 4 members (excludes halogenated alkanes) is 11. The van der Waals surface area contributed by atoms with Gasteiger partial charge in [-0.3, -0.25) is 9.28 Å². The number of carbonyl (C=O) groups is 1. The van der Waals surface area contributed by atoms with E-state index in [1.54, 1.807) is 0 Å². The molecular weight excluding hydrogens is 334 g/mol. The molecule has 0 aromatic carbocycles. The average molecular weight is 383 g/mol. The number of allylic oxidation sites excluding steroid dienone is 2. The van der Waals surface area contributed by atoms with Crippen molar-refractivity contribution in [1.29, 1.82) is 0 Å². The van der Waals surface area contributed by atoms with Crippen molar-refractivity contribution in [3.05, 3.63) is 12.2 Å². The fourth-order valence-corrected chi connectivity index (χ4v) is 3.34. The minimum atomic E-state index is -0.0347. The molecule has 0 radical (unpaired) electrons. The second-order valence-electron chi connectivity index (χ2n) is 8.80. The van der Waals surface area contributed by atoms with E-state index in [9.17, 15) is 4.79 Å². The predicted octanol–water partition coefficient (Wildman–Crippen LogP) is 7.01. The largest absolute Gasteiger partial charge is 0.412 e. The van der Waals surface area contributed by atoms with E-state index in [-0.39, 0.29) is 12.2 Å². The summed E-state index contributed by atoms with van der Waals surface area (Å²) in [5.41, 5.74) is 0. The summed E-state index contributed by atoms with van der Waals surface area (Å²) in [7, 11) is 6.22. The number of rotatable bonds is 18. The summed E-state index contributed by atoms with van der Waals surface area (Å²) >= 11 is 0. The van der Waals surface area contributed by atoms with Crippen LogP contribution in [0.4, 0.5) is 0 Å². The maximum absolute atomic E-state index is 12.0. The van der Waals surface area contributed by atoms with Crippen LogP contribution in [0.5, 0.6) is 0 Å². The lowest BCUT2D eigenvalue weighted by Gasteiger charge is -2.32. The van der Waals surface area contributed by atoms with Gasteiger partial charge in [-0.1, -0.05) is 77.4 Å². The molecule has 0 amide bonds. The summed E-state index contributed by atoms with van der Waals surface area (Å²) in [6.45, 7) is 4.34. The molecule has 0 aromatic heterocycles. The monoisotopic (exact) mass is 382 g/mol. The number of esters is 1. The summed E-state index contributed by atoms with van der Waals surface area (Å²) in [5, 5.41) is 0. The number of nitrogens with zero attached hydrogens (tertiary/aromatic N) is 1. The van der Waals surface area contributed by atoms with E-state index in [2.05, 4.69) is 47.1 Å². The van der Waals surface area contributed by atoms with Crippen molar-refractivity contribution in [2.24, 2.45) is 0 Å². The topological polar surface area (TPSA) is 26.3 Å². The normalized spacial score (nSPS) is 13.2. The lowest BCUT2D eigenvalue weighted by molar-refractivity contribution is -0.917. The Morgan fingerprint density at radius 3 is 1.74 bits per heavy atom. The third-order valence-electron chi connectivity index (χ3n) is 5.12. The lowest BCUT2D eigenvalue weighted by Crippen LogP contribution is -2.47. The standard InChI is InChI=1S/C24H48NO2/c1-6-8-9-10-11-12-13-14-15-16-17-18-19-20-21-22-24(26)27-23(7-2)25(3,4)5/h14-15,23H,6-13,16-22H2,1-5H3/q+1. The van der Waals surface area contributed by atoms with Gasteiger partial charge >= 0.3 is 5.97 Å². The Morgan fingerprint density at radius 2 is 1.26 bits per heavy atom. The molecule has 3 nitrogen and oxygen atoms in total. The van der Waals surface area contributed by atoms with E-state index < -0.39 is 0 Å². The van der Waals surface area contributed by atoms with Gasteiger partial charge in [-0.05, 0) is 32.1 Å². The third kappa shape index (κ3) is 17.0. The smallest absolute Gasteiger partial charge is 0.310 e. The number of carbonyl (C=O) groups excluding carboxylic acids is 1. The van der Waals surface area contributed by atoms with E-state index in [1.807, 2.05) is 0 Å². The Hall–Kier alpha value is -0.830. The van der Waals surface area contributed by atoms with Crippen LogP contribution in [0.1, 0.15) is 110 Å². The van der Waals surface area contributed by atoms with Crippen molar-refractivity contribution in [2.45, 2.75) is 116 Å². The molecule has 0 rings (SSSR count). The van der Waals surface area contributed by atoms with E-state index in [0.717, 1.165) is 19.3 Å². The van der Waals surface area contributed by atoms with Crippen molar-refractivity contribution < 1.29 is 14.0 Å². The highest BCUT2D eigenvalue weighted by atomic mass is 16.6. The Balaban J connectivity index is 3.44. The Bertz CT molecular complexity index is 371. The zero-order chi connectivity index (χ0) is 20.4. The van der Waals surface area contributed by atoms with Gasteiger partial charge in [0.15, 0.2) is 0 Å². The van der Waals surface area contributed by atoms with Crippen molar-refractivity contribution in [2.75, 3.05) is 21.1 Å². The third-order valence-corrected chi connectivity index (χ3v) is 5.12. The van der Waals surface area contributed by atoms with Crippen LogP contribution in [0.15, 0.2) is 12.2 Å². The molecule has 0 N–H and O–H groups in total. The van der Waals surface area contributed by atoms with E-state index in [4.69, 9.17) is 4.74 Å². The zero-order valence-electron chi connectivity index (χ0n) is 19.1. The number of hydrogen-bond donors (Lipinski definition) is 0. The van der Waals surface area contributed by atoms with Crippen LogP contribution in [0.3, 0.4) is 0 Å². The molecular formula is C24H48NO2+. The fraction of sp³-hybridized carbons (Fsp3) is 0.875. The van der Waals surface area contributed by atoms with Gasteiger partial charge in [0, 0.05) is 12.8 Å². The average Bonchev–Trinajstić information content (AvgIpc) is 2.62. The maximum Gasteiger partial charge on any atom is 0.310 e. The number of quaternary nitrogens is 1. The summed E-state index contributed by atoms with van der Waals surface area (Å²) in [4.78, 5) is 12.0. The van der Waals surface area contributed by atoms with Crippen molar-refractivity contribution in [1.82, 2.24) is 0 Å². The first kappa shape index (κ1) is 26.2. The molecule has 0 heterocycles. The molecule has 0 saturated heterocycles. The number of ether oxygens (including phenoxy) is 1. The zero-order valence-corrected chi connectivity index (χ0v) is 19.1. The predicted molar refractivity (Wildman–Crippen MR) is 118 cm³/mol. The molecule has 1 unspecified atom stereocenters. The van der Waals surface area contributed by atoms with E-state index in [0.29, 0.717) is 10.9 Å². The van der Waals surface area contributed by atoms with Crippen LogP contribution in [0.25, 0.3) is 0 Å². The second-order valence-corrected chi connectivity index (χ2v) is 8.80. The first-order chi connectivity index (χ1) is 12.9.